The lowest BCUT2D eigenvalue weighted by Crippen LogP contribution is -2.64. The van der Waals surface area contributed by atoms with E-state index >= 15 is 0 Å². The minimum absolute atomic E-state index is 0.0910. The normalized spacial score (nSPS) is 37.8. The van der Waals surface area contributed by atoms with E-state index in [0.717, 1.165) is 25.9 Å². The molecule has 0 aromatic heterocycles. The second kappa shape index (κ2) is 4.52. The number of hydrogen-bond donors (Lipinski definition) is 1. The Labute approximate surface area is 105 Å². The maximum atomic E-state index is 11.7. The summed E-state index contributed by atoms with van der Waals surface area (Å²) in [6, 6.07) is 0.659. The van der Waals surface area contributed by atoms with Crippen molar-refractivity contribution >= 4 is 9.84 Å². The Bertz CT molecular complexity index is 378. The first-order chi connectivity index (χ1) is 7.79. The molecule has 2 fully saturated rings. The van der Waals surface area contributed by atoms with Crippen LogP contribution in [0.25, 0.3) is 0 Å². The summed E-state index contributed by atoms with van der Waals surface area (Å²) in [6.07, 6.45) is 1.85. The summed E-state index contributed by atoms with van der Waals surface area (Å²) >= 11 is 0. The zero-order valence-corrected chi connectivity index (χ0v) is 11.9. The van der Waals surface area contributed by atoms with Crippen molar-refractivity contribution in [3.63, 3.8) is 0 Å². The molecule has 0 spiro atoms. The van der Waals surface area contributed by atoms with E-state index in [-0.39, 0.29) is 11.6 Å². The molecule has 0 aliphatic carbocycles. The zero-order chi connectivity index (χ0) is 12.7. The number of rotatable bonds is 1. The van der Waals surface area contributed by atoms with Crippen molar-refractivity contribution in [1.82, 2.24) is 10.2 Å². The largest absolute Gasteiger partial charge is 0.309 e. The van der Waals surface area contributed by atoms with Gasteiger partial charge >= 0.3 is 0 Å². The molecule has 0 aromatic carbocycles. The average Bonchev–Trinajstić information content (AvgIpc) is 2.20. The maximum absolute atomic E-state index is 11.7. The quantitative estimate of drug-likeness (QED) is 0.751. The van der Waals surface area contributed by atoms with Gasteiger partial charge in [-0.05, 0) is 33.6 Å². The van der Waals surface area contributed by atoms with E-state index in [9.17, 15) is 8.42 Å². The van der Waals surface area contributed by atoms with Gasteiger partial charge in [-0.15, -0.1) is 0 Å². The predicted octanol–water partition coefficient (Wildman–Crippen LogP) is 0.636. The van der Waals surface area contributed by atoms with Gasteiger partial charge in [0.2, 0.25) is 0 Å². The van der Waals surface area contributed by atoms with Crippen LogP contribution in [0.2, 0.25) is 0 Å². The Morgan fingerprint density at radius 1 is 1.35 bits per heavy atom. The second-order valence-electron chi connectivity index (χ2n) is 6.20. The number of sulfone groups is 1. The first kappa shape index (κ1) is 13.3. The molecule has 0 saturated carbocycles. The zero-order valence-electron chi connectivity index (χ0n) is 11.1. The lowest BCUT2D eigenvalue weighted by Gasteiger charge is -2.47. The number of piperazine rings is 1. The lowest BCUT2D eigenvalue weighted by atomic mass is 9.96. The summed E-state index contributed by atoms with van der Waals surface area (Å²) in [5.74, 6) is 0.737. The summed E-state index contributed by atoms with van der Waals surface area (Å²) in [5, 5.41) is 3.51. The highest BCUT2D eigenvalue weighted by atomic mass is 32.2. The van der Waals surface area contributed by atoms with Crippen LogP contribution in [-0.4, -0.2) is 55.5 Å². The van der Waals surface area contributed by atoms with Crippen molar-refractivity contribution in [3.8, 4) is 0 Å². The van der Waals surface area contributed by atoms with Crippen LogP contribution in [0, 0.1) is 0 Å². The second-order valence-corrected chi connectivity index (χ2v) is 8.43. The molecule has 2 aliphatic rings. The third-order valence-electron chi connectivity index (χ3n) is 3.93. The van der Waals surface area contributed by atoms with Gasteiger partial charge in [-0.3, -0.25) is 4.90 Å². The van der Waals surface area contributed by atoms with Crippen LogP contribution in [0.15, 0.2) is 0 Å². The summed E-state index contributed by atoms with van der Waals surface area (Å²) < 4.78 is 23.5. The van der Waals surface area contributed by atoms with E-state index in [1.54, 1.807) is 0 Å². The Morgan fingerprint density at radius 2 is 2.06 bits per heavy atom. The molecule has 2 rings (SSSR count). The van der Waals surface area contributed by atoms with Gasteiger partial charge in [0.05, 0.1) is 11.5 Å². The minimum Gasteiger partial charge on any atom is -0.309 e. The standard InChI is InChI=1S/C12H24N2O2S/c1-10-7-13-12(2,3)9-14(10)11-5-4-6-17(15,16)8-11/h10-11,13H,4-9H2,1-3H3. The van der Waals surface area contributed by atoms with Crippen molar-refractivity contribution < 1.29 is 8.42 Å². The van der Waals surface area contributed by atoms with Crippen molar-refractivity contribution in [2.24, 2.45) is 0 Å². The van der Waals surface area contributed by atoms with Crippen molar-refractivity contribution in [2.45, 2.75) is 51.2 Å². The lowest BCUT2D eigenvalue weighted by molar-refractivity contribution is 0.0652. The van der Waals surface area contributed by atoms with Gasteiger partial charge in [0.15, 0.2) is 9.84 Å². The molecule has 2 heterocycles. The fourth-order valence-electron chi connectivity index (χ4n) is 2.96. The fourth-order valence-corrected chi connectivity index (χ4v) is 4.68. The van der Waals surface area contributed by atoms with Crippen LogP contribution in [-0.2, 0) is 9.84 Å². The molecule has 2 atom stereocenters. The van der Waals surface area contributed by atoms with E-state index in [1.165, 1.54) is 0 Å². The van der Waals surface area contributed by atoms with E-state index in [0.29, 0.717) is 17.5 Å². The van der Waals surface area contributed by atoms with E-state index < -0.39 is 9.84 Å². The molecule has 0 bridgehead atoms. The maximum Gasteiger partial charge on any atom is 0.151 e. The summed E-state index contributed by atoms with van der Waals surface area (Å²) in [5.41, 5.74) is 0.0910. The van der Waals surface area contributed by atoms with Gasteiger partial charge < -0.3 is 5.32 Å². The molecular weight excluding hydrogens is 236 g/mol. The molecule has 1 N–H and O–H groups in total. The summed E-state index contributed by atoms with van der Waals surface area (Å²) in [6.45, 7) is 8.44. The summed E-state index contributed by atoms with van der Waals surface area (Å²) in [4.78, 5) is 2.40. The molecule has 17 heavy (non-hydrogen) atoms. The molecule has 4 nitrogen and oxygen atoms in total. The third kappa shape index (κ3) is 3.20. The van der Waals surface area contributed by atoms with Crippen molar-refractivity contribution in [3.05, 3.63) is 0 Å². The van der Waals surface area contributed by atoms with Crippen LogP contribution in [0.1, 0.15) is 33.6 Å². The van der Waals surface area contributed by atoms with Gasteiger partial charge in [0.25, 0.3) is 0 Å². The van der Waals surface area contributed by atoms with Crippen LogP contribution < -0.4 is 5.32 Å². The first-order valence-electron chi connectivity index (χ1n) is 6.50. The molecule has 0 aromatic rings. The highest BCUT2D eigenvalue weighted by molar-refractivity contribution is 7.91. The van der Waals surface area contributed by atoms with Gasteiger partial charge in [0.1, 0.15) is 0 Å². The Kier molecular flexibility index (Phi) is 3.54. The predicted molar refractivity (Wildman–Crippen MR) is 69.9 cm³/mol. The Balaban J connectivity index is 2.09. The number of nitrogens with zero attached hydrogens (tertiary/aromatic N) is 1. The topological polar surface area (TPSA) is 49.4 Å². The molecule has 5 heteroatoms. The summed E-state index contributed by atoms with van der Waals surface area (Å²) in [7, 11) is -2.80. The van der Waals surface area contributed by atoms with Gasteiger partial charge in [-0.25, -0.2) is 8.42 Å². The smallest absolute Gasteiger partial charge is 0.151 e. The molecule has 0 radical (unpaired) electrons. The van der Waals surface area contributed by atoms with Gasteiger partial charge in [-0.2, -0.15) is 0 Å². The SMILES string of the molecule is CC1CNC(C)(C)CN1C1CCCS(=O)(=O)C1. The van der Waals surface area contributed by atoms with Crippen LogP contribution in [0.4, 0.5) is 0 Å². The van der Waals surface area contributed by atoms with Crippen molar-refractivity contribution in [1.29, 1.82) is 0 Å². The van der Waals surface area contributed by atoms with Gasteiger partial charge in [0, 0.05) is 30.7 Å². The van der Waals surface area contributed by atoms with Crippen LogP contribution in [0.3, 0.4) is 0 Å². The highest BCUT2D eigenvalue weighted by Crippen LogP contribution is 2.24. The number of nitrogens with one attached hydrogen (secondary N) is 1. The number of hydrogen-bond acceptors (Lipinski definition) is 4. The van der Waals surface area contributed by atoms with Crippen molar-refractivity contribution in [2.75, 3.05) is 24.6 Å². The molecule has 2 saturated heterocycles. The van der Waals surface area contributed by atoms with E-state index in [4.69, 9.17) is 0 Å². The van der Waals surface area contributed by atoms with E-state index in [2.05, 4.69) is 31.0 Å². The third-order valence-corrected chi connectivity index (χ3v) is 5.73. The molecule has 0 amide bonds. The Hall–Kier alpha value is -0.130. The Morgan fingerprint density at radius 3 is 2.71 bits per heavy atom. The van der Waals surface area contributed by atoms with Gasteiger partial charge in [-0.1, -0.05) is 0 Å². The fraction of sp³-hybridized carbons (Fsp3) is 1.00. The highest BCUT2D eigenvalue weighted by Gasteiger charge is 2.37. The minimum atomic E-state index is -2.80. The van der Waals surface area contributed by atoms with E-state index in [1.807, 2.05) is 0 Å². The molecular formula is C12H24N2O2S. The molecule has 2 aliphatic heterocycles. The van der Waals surface area contributed by atoms with Crippen LogP contribution >= 0.6 is 0 Å². The van der Waals surface area contributed by atoms with Crippen LogP contribution in [0.5, 0.6) is 0 Å². The average molecular weight is 260 g/mol. The first-order valence-corrected chi connectivity index (χ1v) is 8.32. The monoisotopic (exact) mass is 260 g/mol. The molecule has 2 unspecified atom stereocenters. The molecule has 100 valence electrons.